The maximum absolute atomic E-state index is 6.02. The molecule has 18 heavy (non-hydrogen) atoms. The van der Waals surface area contributed by atoms with Crippen molar-refractivity contribution in [1.29, 1.82) is 0 Å². The number of nitrogens with zero attached hydrogens (tertiary/aromatic N) is 1. The van der Waals surface area contributed by atoms with Gasteiger partial charge < -0.3 is 9.47 Å². The van der Waals surface area contributed by atoms with Crippen LogP contribution in [0.4, 0.5) is 0 Å². The first kappa shape index (κ1) is 12.8. The predicted octanol–water partition coefficient (Wildman–Crippen LogP) is 3.28. The van der Waals surface area contributed by atoms with E-state index in [1.54, 1.807) is 6.20 Å². The highest BCUT2D eigenvalue weighted by atomic mass is 79.9. The molecule has 0 saturated carbocycles. The standard InChI is InChI=1S/C13H16BrNO2S/c14-12-2-1-11(8-15-12)17-10-3-5-16-13(7-10)4-6-18-9-13/h1-2,8,10H,3-7,9H2. The topological polar surface area (TPSA) is 31.4 Å². The fourth-order valence-corrected chi connectivity index (χ4v) is 4.18. The Bertz CT molecular complexity index is 406. The van der Waals surface area contributed by atoms with E-state index >= 15 is 0 Å². The SMILES string of the molecule is Brc1ccc(OC2CCOC3(CCSC3)C2)cn1. The largest absolute Gasteiger partial charge is 0.489 e. The molecular weight excluding hydrogens is 314 g/mol. The highest BCUT2D eigenvalue weighted by molar-refractivity contribution is 9.10. The molecule has 1 spiro atoms. The third-order valence-electron chi connectivity index (χ3n) is 3.52. The van der Waals surface area contributed by atoms with Gasteiger partial charge >= 0.3 is 0 Å². The van der Waals surface area contributed by atoms with Crippen LogP contribution in [-0.4, -0.2) is 34.8 Å². The highest BCUT2D eigenvalue weighted by Crippen LogP contribution is 2.39. The Kier molecular flexibility index (Phi) is 3.82. The van der Waals surface area contributed by atoms with E-state index in [1.807, 2.05) is 23.9 Å². The summed E-state index contributed by atoms with van der Waals surface area (Å²) in [7, 11) is 0. The lowest BCUT2D eigenvalue weighted by Gasteiger charge is -2.37. The van der Waals surface area contributed by atoms with Crippen molar-refractivity contribution in [2.75, 3.05) is 18.1 Å². The van der Waals surface area contributed by atoms with Gasteiger partial charge in [0.2, 0.25) is 0 Å². The van der Waals surface area contributed by atoms with Crippen LogP contribution in [0.2, 0.25) is 0 Å². The fraction of sp³-hybridized carbons (Fsp3) is 0.615. The molecule has 0 amide bonds. The Balaban J connectivity index is 1.64. The lowest BCUT2D eigenvalue weighted by Crippen LogP contribution is -2.43. The average molecular weight is 330 g/mol. The van der Waals surface area contributed by atoms with E-state index in [0.29, 0.717) is 0 Å². The van der Waals surface area contributed by atoms with Crippen molar-refractivity contribution in [2.45, 2.75) is 31.0 Å². The molecule has 1 aromatic rings. The molecule has 2 aliphatic heterocycles. The average Bonchev–Trinajstić information content (AvgIpc) is 2.80. The van der Waals surface area contributed by atoms with Gasteiger partial charge in [-0.3, -0.25) is 0 Å². The molecule has 0 N–H and O–H groups in total. The monoisotopic (exact) mass is 329 g/mol. The van der Waals surface area contributed by atoms with Crippen LogP contribution in [0.3, 0.4) is 0 Å². The second-order valence-corrected chi connectivity index (χ2v) is 6.80. The van der Waals surface area contributed by atoms with Crippen LogP contribution in [-0.2, 0) is 4.74 Å². The smallest absolute Gasteiger partial charge is 0.138 e. The highest BCUT2D eigenvalue weighted by Gasteiger charge is 2.41. The maximum Gasteiger partial charge on any atom is 0.138 e. The number of rotatable bonds is 2. The number of aromatic nitrogens is 1. The second-order valence-electron chi connectivity index (χ2n) is 4.88. The molecule has 2 fully saturated rings. The molecule has 3 rings (SSSR count). The third-order valence-corrected chi connectivity index (χ3v) is 5.21. The van der Waals surface area contributed by atoms with Crippen molar-refractivity contribution in [3.8, 4) is 5.75 Å². The number of hydrogen-bond acceptors (Lipinski definition) is 4. The zero-order valence-electron chi connectivity index (χ0n) is 10.1. The summed E-state index contributed by atoms with van der Waals surface area (Å²) in [5.41, 5.74) is 0.0797. The quantitative estimate of drug-likeness (QED) is 0.779. The van der Waals surface area contributed by atoms with Gasteiger partial charge in [-0.1, -0.05) is 0 Å². The van der Waals surface area contributed by atoms with Crippen LogP contribution in [0.5, 0.6) is 5.75 Å². The van der Waals surface area contributed by atoms with E-state index in [4.69, 9.17) is 9.47 Å². The van der Waals surface area contributed by atoms with Crippen LogP contribution in [0.25, 0.3) is 0 Å². The van der Waals surface area contributed by atoms with Crippen LogP contribution >= 0.6 is 27.7 Å². The van der Waals surface area contributed by atoms with Crippen molar-refractivity contribution in [3.05, 3.63) is 22.9 Å². The van der Waals surface area contributed by atoms with Crippen LogP contribution < -0.4 is 4.74 Å². The normalized spacial score (nSPS) is 31.7. The van der Waals surface area contributed by atoms with E-state index < -0.39 is 0 Å². The molecule has 2 saturated heterocycles. The molecule has 2 atom stereocenters. The molecule has 98 valence electrons. The first-order valence-electron chi connectivity index (χ1n) is 6.26. The maximum atomic E-state index is 6.02. The van der Waals surface area contributed by atoms with E-state index in [-0.39, 0.29) is 11.7 Å². The minimum absolute atomic E-state index is 0.0797. The first-order chi connectivity index (χ1) is 8.76. The van der Waals surface area contributed by atoms with E-state index in [0.717, 1.165) is 42.0 Å². The molecule has 2 aliphatic rings. The van der Waals surface area contributed by atoms with Crippen LogP contribution in [0.15, 0.2) is 22.9 Å². The van der Waals surface area contributed by atoms with Gasteiger partial charge in [-0.2, -0.15) is 11.8 Å². The van der Waals surface area contributed by atoms with E-state index in [2.05, 4.69) is 20.9 Å². The van der Waals surface area contributed by atoms with Gasteiger partial charge in [0.15, 0.2) is 0 Å². The minimum atomic E-state index is 0.0797. The van der Waals surface area contributed by atoms with Gasteiger partial charge in [-0.25, -0.2) is 4.98 Å². The predicted molar refractivity (Wildman–Crippen MR) is 76.2 cm³/mol. The molecule has 0 aliphatic carbocycles. The molecular formula is C13H16BrNO2S. The van der Waals surface area contributed by atoms with E-state index in [1.165, 1.54) is 5.75 Å². The molecule has 3 nitrogen and oxygen atoms in total. The zero-order chi connectivity index (χ0) is 12.4. The summed E-state index contributed by atoms with van der Waals surface area (Å²) in [5, 5.41) is 0. The van der Waals surface area contributed by atoms with Crippen molar-refractivity contribution in [1.82, 2.24) is 4.98 Å². The van der Waals surface area contributed by atoms with E-state index in [9.17, 15) is 0 Å². The fourth-order valence-electron chi connectivity index (χ4n) is 2.57. The lowest BCUT2D eigenvalue weighted by atomic mass is 9.91. The van der Waals surface area contributed by atoms with Gasteiger partial charge in [0.05, 0.1) is 18.4 Å². The molecule has 0 aromatic carbocycles. The summed E-state index contributed by atoms with van der Waals surface area (Å²) in [4.78, 5) is 4.19. The number of thioether (sulfide) groups is 1. The zero-order valence-corrected chi connectivity index (χ0v) is 12.5. The summed E-state index contributed by atoms with van der Waals surface area (Å²) in [5.74, 6) is 3.18. The summed E-state index contributed by atoms with van der Waals surface area (Å²) < 4.78 is 12.9. The summed E-state index contributed by atoms with van der Waals surface area (Å²) in [6.45, 7) is 0.815. The summed E-state index contributed by atoms with van der Waals surface area (Å²) >= 11 is 5.32. The minimum Gasteiger partial charge on any atom is -0.489 e. The Labute approximate surface area is 120 Å². The number of ether oxygens (including phenoxy) is 2. The summed E-state index contributed by atoms with van der Waals surface area (Å²) in [6, 6.07) is 3.87. The van der Waals surface area contributed by atoms with Gasteiger partial charge in [-0.05, 0) is 40.2 Å². The summed E-state index contributed by atoms with van der Waals surface area (Å²) in [6.07, 6.45) is 5.19. The van der Waals surface area contributed by atoms with Gasteiger partial charge in [0, 0.05) is 18.6 Å². The number of halogens is 1. The van der Waals surface area contributed by atoms with Crippen LogP contribution in [0, 0.1) is 0 Å². The van der Waals surface area contributed by atoms with Crippen molar-refractivity contribution in [3.63, 3.8) is 0 Å². The first-order valence-corrected chi connectivity index (χ1v) is 8.20. The Morgan fingerprint density at radius 2 is 2.44 bits per heavy atom. The molecule has 0 radical (unpaired) electrons. The van der Waals surface area contributed by atoms with Gasteiger partial charge in [-0.15, -0.1) is 0 Å². The number of hydrogen-bond donors (Lipinski definition) is 0. The lowest BCUT2D eigenvalue weighted by molar-refractivity contribution is -0.0959. The van der Waals surface area contributed by atoms with Gasteiger partial charge in [0.25, 0.3) is 0 Å². The number of pyridine rings is 1. The van der Waals surface area contributed by atoms with Crippen molar-refractivity contribution < 1.29 is 9.47 Å². The van der Waals surface area contributed by atoms with Crippen molar-refractivity contribution in [2.24, 2.45) is 0 Å². The second kappa shape index (κ2) is 5.39. The van der Waals surface area contributed by atoms with Crippen molar-refractivity contribution >= 4 is 27.7 Å². The Morgan fingerprint density at radius 1 is 1.50 bits per heavy atom. The third kappa shape index (κ3) is 2.83. The molecule has 3 heterocycles. The molecule has 0 bridgehead atoms. The van der Waals surface area contributed by atoms with Gasteiger partial charge in [0.1, 0.15) is 16.5 Å². The van der Waals surface area contributed by atoms with Crippen LogP contribution in [0.1, 0.15) is 19.3 Å². The molecule has 5 heteroatoms. The molecule has 2 unspecified atom stereocenters. The Morgan fingerprint density at radius 3 is 3.17 bits per heavy atom. The Hall–Kier alpha value is -0.260. The molecule has 1 aromatic heterocycles.